The molecule has 0 saturated heterocycles. The maximum Gasteiger partial charge on any atom is 0.234 e. The van der Waals surface area contributed by atoms with E-state index < -0.39 is 0 Å². The fourth-order valence-corrected chi connectivity index (χ4v) is 2.79. The molecule has 21 heavy (non-hydrogen) atoms. The molecule has 1 rings (SSSR count). The third-order valence-corrected chi connectivity index (χ3v) is 4.15. The van der Waals surface area contributed by atoms with E-state index in [1.165, 1.54) is 0 Å². The highest BCUT2D eigenvalue weighted by Gasteiger charge is 2.16. The molecule has 0 radical (unpaired) electrons. The number of nitrogens with zero attached hydrogens (tertiary/aromatic N) is 3. The van der Waals surface area contributed by atoms with E-state index in [2.05, 4.69) is 54.0 Å². The van der Waals surface area contributed by atoms with Crippen LogP contribution in [0.3, 0.4) is 0 Å². The SMILES string of the molecule is CCc1nn(CC)c(CN(C)CC(=O)NCC(C)C)c1Br. The zero-order valence-corrected chi connectivity index (χ0v) is 15.3. The summed E-state index contributed by atoms with van der Waals surface area (Å²) in [5.41, 5.74) is 2.21. The highest BCUT2D eigenvalue weighted by molar-refractivity contribution is 9.10. The average Bonchev–Trinajstić information content (AvgIpc) is 2.73. The van der Waals surface area contributed by atoms with E-state index in [4.69, 9.17) is 0 Å². The van der Waals surface area contributed by atoms with Crippen molar-refractivity contribution < 1.29 is 4.79 Å². The molecule has 0 aliphatic carbocycles. The van der Waals surface area contributed by atoms with Gasteiger partial charge in [0.05, 0.1) is 22.4 Å². The van der Waals surface area contributed by atoms with E-state index in [0.717, 1.165) is 35.4 Å². The van der Waals surface area contributed by atoms with Crippen LogP contribution in [0.2, 0.25) is 0 Å². The molecule has 0 atom stereocenters. The van der Waals surface area contributed by atoms with Crippen LogP contribution in [0.15, 0.2) is 4.47 Å². The predicted molar refractivity (Wildman–Crippen MR) is 89.2 cm³/mol. The molecule has 0 unspecified atom stereocenters. The molecule has 0 aromatic carbocycles. The van der Waals surface area contributed by atoms with Crippen molar-refractivity contribution in [3.63, 3.8) is 0 Å². The first-order valence-electron chi connectivity index (χ1n) is 7.58. The summed E-state index contributed by atoms with van der Waals surface area (Å²) in [6.07, 6.45) is 0.902. The molecule has 1 aromatic rings. The Morgan fingerprint density at radius 3 is 2.62 bits per heavy atom. The lowest BCUT2D eigenvalue weighted by atomic mass is 10.2. The number of carbonyl (C=O) groups excluding carboxylic acids is 1. The zero-order chi connectivity index (χ0) is 16.0. The summed E-state index contributed by atoms with van der Waals surface area (Å²) in [5.74, 6) is 0.544. The van der Waals surface area contributed by atoms with E-state index in [-0.39, 0.29) is 5.91 Å². The van der Waals surface area contributed by atoms with E-state index in [1.807, 2.05) is 16.6 Å². The van der Waals surface area contributed by atoms with Gasteiger partial charge in [0.15, 0.2) is 0 Å². The minimum atomic E-state index is 0.0700. The maximum absolute atomic E-state index is 11.9. The number of aryl methyl sites for hydroxylation is 2. The first kappa shape index (κ1) is 18.2. The van der Waals surface area contributed by atoms with Crippen LogP contribution in [0.5, 0.6) is 0 Å². The molecule has 0 fully saturated rings. The van der Waals surface area contributed by atoms with Gasteiger partial charge < -0.3 is 5.32 Å². The van der Waals surface area contributed by atoms with Crippen LogP contribution in [0.1, 0.15) is 39.1 Å². The monoisotopic (exact) mass is 358 g/mol. The van der Waals surface area contributed by atoms with E-state index in [9.17, 15) is 4.79 Å². The normalized spacial score (nSPS) is 11.4. The number of nitrogens with one attached hydrogen (secondary N) is 1. The molecule has 0 bridgehead atoms. The van der Waals surface area contributed by atoms with Gasteiger partial charge in [0.1, 0.15) is 0 Å². The van der Waals surface area contributed by atoms with Crippen LogP contribution >= 0.6 is 15.9 Å². The fraction of sp³-hybridized carbons (Fsp3) is 0.733. The zero-order valence-electron chi connectivity index (χ0n) is 13.7. The first-order chi connectivity index (χ1) is 9.88. The minimum Gasteiger partial charge on any atom is -0.355 e. The molecule has 120 valence electrons. The lowest BCUT2D eigenvalue weighted by molar-refractivity contribution is -0.122. The number of likely N-dealkylation sites (N-methyl/N-ethyl adjacent to an activating group) is 1. The number of rotatable bonds is 8. The molecule has 1 amide bonds. The Morgan fingerprint density at radius 2 is 2.10 bits per heavy atom. The molecule has 1 heterocycles. The third-order valence-electron chi connectivity index (χ3n) is 3.23. The molecular formula is C15H27BrN4O. The van der Waals surface area contributed by atoms with Crippen molar-refractivity contribution in [2.24, 2.45) is 5.92 Å². The van der Waals surface area contributed by atoms with Crippen molar-refractivity contribution in [3.8, 4) is 0 Å². The summed E-state index contributed by atoms with van der Waals surface area (Å²) in [5, 5.41) is 7.52. The van der Waals surface area contributed by atoms with Gasteiger partial charge in [-0.2, -0.15) is 5.10 Å². The summed E-state index contributed by atoms with van der Waals surface area (Å²) in [6.45, 7) is 11.0. The van der Waals surface area contributed by atoms with Crippen LogP contribution in [0.25, 0.3) is 0 Å². The molecule has 1 N–H and O–H groups in total. The third kappa shape index (κ3) is 5.43. The van der Waals surface area contributed by atoms with Crippen molar-refractivity contribution >= 4 is 21.8 Å². The van der Waals surface area contributed by atoms with Gasteiger partial charge in [0, 0.05) is 19.6 Å². The Bertz CT molecular complexity index is 470. The Morgan fingerprint density at radius 1 is 1.43 bits per heavy atom. The molecule has 0 aliphatic heterocycles. The maximum atomic E-state index is 11.9. The molecule has 0 saturated carbocycles. The molecule has 0 aliphatic rings. The topological polar surface area (TPSA) is 50.2 Å². The van der Waals surface area contributed by atoms with Crippen molar-refractivity contribution in [1.29, 1.82) is 0 Å². The van der Waals surface area contributed by atoms with Gasteiger partial charge in [-0.1, -0.05) is 20.8 Å². The number of aromatic nitrogens is 2. The molecule has 6 heteroatoms. The Labute approximate surface area is 136 Å². The number of halogens is 1. The van der Waals surface area contributed by atoms with Crippen LogP contribution < -0.4 is 5.32 Å². The van der Waals surface area contributed by atoms with Crippen LogP contribution in [-0.2, 0) is 24.3 Å². The van der Waals surface area contributed by atoms with Gasteiger partial charge in [-0.05, 0) is 42.2 Å². The summed E-state index contributed by atoms with van der Waals surface area (Å²) in [7, 11) is 1.96. The van der Waals surface area contributed by atoms with Crippen LogP contribution in [-0.4, -0.2) is 40.7 Å². The van der Waals surface area contributed by atoms with E-state index in [0.29, 0.717) is 19.0 Å². The highest BCUT2D eigenvalue weighted by Crippen LogP contribution is 2.23. The summed E-state index contributed by atoms with van der Waals surface area (Å²) < 4.78 is 3.08. The number of carbonyl (C=O) groups is 1. The van der Waals surface area contributed by atoms with Gasteiger partial charge in [0.25, 0.3) is 0 Å². The lowest BCUT2D eigenvalue weighted by Crippen LogP contribution is -2.36. The van der Waals surface area contributed by atoms with Gasteiger partial charge in [0.2, 0.25) is 5.91 Å². The quantitative estimate of drug-likeness (QED) is 0.776. The average molecular weight is 359 g/mol. The van der Waals surface area contributed by atoms with Gasteiger partial charge in [-0.15, -0.1) is 0 Å². The van der Waals surface area contributed by atoms with E-state index >= 15 is 0 Å². The minimum absolute atomic E-state index is 0.0700. The Hall–Kier alpha value is -0.880. The second-order valence-corrected chi connectivity index (χ2v) is 6.54. The molecule has 1 aromatic heterocycles. The Balaban J connectivity index is 2.64. The molecule has 5 nitrogen and oxygen atoms in total. The van der Waals surface area contributed by atoms with Crippen LogP contribution in [0, 0.1) is 5.92 Å². The summed E-state index contributed by atoms with van der Waals surface area (Å²) in [4.78, 5) is 13.9. The smallest absolute Gasteiger partial charge is 0.234 e. The van der Waals surface area contributed by atoms with Gasteiger partial charge in [-0.3, -0.25) is 14.4 Å². The first-order valence-corrected chi connectivity index (χ1v) is 8.37. The second kappa shape index (κ2) is 8.54. The standard InChI is InChI=1S/C15H27BrN4O/c1-6-12-15(16)13(20(7-2)18-12)9-19(5)10-14(21)17-8-11(3)4/h11H,6-10H2,1-5H3,(H,17,21). The number of amides is 1. The second-order valence-electron chi connectivity index (χ2n) is 5.75. The van der Waals surface area contributed by atoms with Gasteiger partial charge >= 0.3 is 0 Å². The predicted octanol–water partition coefficient (Wildman–Crippen LogP) is 2.43. The van der Waals surface area contributed by atoms with Gasteiger partial charge in [-0.25, -0.2) is 0 Å². The highest BCUT2D eigenvalue weighted by atomic mass is 79.9. The number of hydrogen-bond acceptors (Lipinski definition) is 3. The van der Waals surface area contributed by atoms with Crippen molar-refractivity contribution in [2.75, 3.05) is 20.1 Å². The molecular weight excluding hydrogens is 332 g/mol. The van der Waals surface area contributed by atoms with Crippen LogP contribution in [0.4, 0.5) is 0 Å². The van der Waals surface area contributed by atoms with E-state index in [1.54, 1.807) is 0 Å². The largest absolute Gasteiger partial charge is 0.355 e. The number of hydrogen-bond donors (Lipinski definition) is 1. The lowest BCUT2D eigenvalue weighted by Gasteiger charge is -2.17. The Kier molecular flexibility index (Phi) is 7.39. The van der Waals surface area contributed by atoms with Crippen molar-refractivity contribution in [2.45, 2.75) is 47.2 Å². The summed E-state index contributed by atoms with van der Waals surface area (Å²) >= 11 is 3.64. The fourth-order valence-electron chi connectivity index (χ4n) is 2.10. The summed E-state index contributed by atoms with van der Waals surface area (Å²) in [6, 6.07) is 0. The van der Waals surface area contributed by atoms with Crippen molar-refractivity contribution in [1.82, 2.24) is 20.0 Å². The van der Waals surface area contributed by atoms with Crippen molar-refractivity contribution in [3.05, 3.63) is 15.9 Å². The molecule has 0 spiro atoms.